The summed E-state index contributed by atoms with van der Waals surface area (Å²) in [6.45, 7) is 8.72. The molecule has 0 heterocycles. The third kappa shape index (κ3) is 8.95. The maximum absolute atomic E-state index is 5.64. The number of para-hydroxylation sites is 2. The van der Waals surface area contributed by atoms with Crippen LogP contribution in [0, 0.1) is 27.7 Å². The molecule has 0 spiro atoms. The highest BCUT2D eigenvalue weighted by Gasteiger charge is 2.22. The van der Waals surface area contributed by atoms with Crippen molar-refractivity contribution in [2.45, 2.75) is 27.7 Å². The summed E-state index contributed by atoms with van der Waals surface area (Å²) >= 11 is 0. The van der Waals surface area contributed by atoms with Crippen LogP contribution in [-0.4, -0.2) is 14.2 Å². The monoisotopic (exact) mass is 847 g/mol. The van der Waals surface area contributed by atoms with Gasteiger partial charge in [0.25, 0.3) is 0 Å². The van der Waals surface area contributed by atoms with Crippen molar-refractivity contribution < 1.29 is 9.47 Å². The summed E-state index contributed by atoms with van der Waals surface area (Å²) in [7, 11) is 3.41. The summed E-state index contributed by atoms with van der Waals surface area (Å²) in [5.41, 5.74) is 19.0. The Morgan fingerprint density at radius 3 is 1.11 bits per heavy atom. The molecule has 0 fully saturated rings. The van der Waals surface area contributed by atoms with Gasteiger partial charge in [0.2, 0.25) is 0 Å². The molecular weight excluding hydrogens is 795 g/mol. The van der Waals surface area contributed by atoms with Gasteiger partial charge in [-0.1, -0.05) is 84.9 Å². The molecule has 9 aromatic rings. The molecule has 0 bridgehead atoms. The molecule has 5 heteroatoms. The molecule has 0 radical (unpaired) electrons. The van der Waals surface area contributed by atoms with Gasteiger partial charge < -0.3 is 24.2 Å². The topological polar surface area (TPSA) is 28.2 Å². The minimum Gasteiger partial charge on any atom is -0.497 e. The summed E-state index contributed by atoms with van der Waals surface area (Å²) in [5, 5.41) is 0. The SMILES string of the molecule is COc1ccc(N(c2ccc(OC)cc2)c2cc(-c3ccc(N(c4ccccc4)c4cccc(C)c4)cc3C)ccc2-c2ccc(N(c3ccccc3)c3cccc(C)c3)cc2C)cc1. The molecule has 5 nitrogen and oxygen atoms in total. The summed E-state index contributed by atoms with van der Waals surface area (Å²) < 4.78 is 11.3. The molecule has 0 saturated carbocycles. The standard InChI is InChI=1S/C60H53N3O2/c1-42-15-13-21-51(37-42)61(47-17-9-7-10-18-47)53-28-35-57(44(3)39-53)46-23-34-59(60(41-46)63(49-24-30-55(64-5)31-25-49)50-26-32-56(65-6)33-27-50)58-36-29-54(40-45(58)4)62(48-19-11-8-12-20-48)52-22-14-16-43(2)38-52/h7-41H,1-6H3. The van der Waals surface area contributed by atoms with Crippen molar-refractivity contribution in [3.63, 3.8) is 0 Å². The van der Waals surface area contributed by atoms with Gasteiger partial charge in [0, 0.05) is 51.1 Å². The van der Waals surface area contributed by atoms with Crippen LogP contribution in [0.25, 0.3) is 22.3 Å². The van der Waals surface area contributed by atoms with Gasteiger partial charge in [-0.3, -0.25) is 0 Å². The fourth-order valence-corrected chi connectivity index (χ4v) is 8.78. The fraction of sp³-hybridized carbons (Fsp3) is 0.100. The molecule has 0 saturated heterocycles. The Labute approximate surface area is 384 Å². The second kappa shape index (κ2) is 18.8. The molecule has 0 atom stereocenters. The van der Waals surface area contributed by atoms with Gasteiger partial charge in [0.05, 0.1) is 19.9 Å². The van der Waals surface area contributed by atoms with E-state index in [0.717, 1.165) is 90.5 Å². The van der Waals surface area contributed by atoms with E-state index < -0.39 is 0 Å². The van der Waals surface area contributed by atoms with Crippen LogP contribution in [0.4, 0.5) is 51.2 Å². The number of ether oxygens (including phenoxy) is 2. The Morgan fingerprint density at radius 2 is 0.677 bits per heavy atom. The number of methoxy groups -OCH3 is 2. The predicted molar refractivity (Wildman–Crippen MR) is 273 cm³/mol. The quantitative estimate of drug-likeness (QED) is 0.115. The van der Waals surface area contributed by atoms with Crippen molar-refractivity contribution in [3.8, 4) is 33.8 Å². The van der Waals surface area contributed by atoms with Crippen molar-refractivity contribution in [3.05, 3.63) is 235 Å². The van der Waals surface area contributed by atoms with Gasteiger partial charge in [-0.05, 0) is 194 Å². The minimum atomic E-state index is 0.798. The lowest BCUT2D eigenvalue weighted by Crippen LogP contribution is -2.12. The Hall–Kier alpha value is -8.02. The van der Waals surface area contributed by atoms with Crippen LogP contribution in [-0.2, 0) is 0 Å². The highest BCUT2D eigenvalue weighted by molar-refractivity contribution is 5.93. The average molecular weight is 848 g/mol. The van der Waals surface area contributed by atoms with Crippen molar-refractivity contribution >= 4 is 51.2 Å². The third-order valence-corrected chi connectivity index (χ3v) is 12.0. The summed E-state index contributed by atoms with van der Waals surface area (Å²) in [6, 6.07) is 75.7. The fourth-order valence-electron chi connectivity index (χ4n) is 8.78. The van der Waals surface area contributed by atoms with Crippen LogP contribution in [0.2, 0.25) is 0 Å². The maximum atomic E-state index is 5.64. The smallest absolute Gasteiger partial charge is 0.119 e. The van der Waals surface area contributed by atoms with Gasteiger partial charge in [-0.25, -0.2) is 0 Å². The van der Waals surface area contributed by atoms with Gasteiger partial charge in [-0.15, -0.1) is 0 Å². The van der Waals surface area contributed by atoms with E-state index in [0.29, 0.717) is 0 Å². The zero-order valence-electron chi connectivity index (χ0n) is 37.9. The third-order valence-electron chi connectivity index (χ3n) is 12.0. The van der Waals surface area contributed by atoms with E-state index in [9.17, 15) is 0 Å². The molecule has 0 aliphatic heterocycles. The molecule has 0 aliphatic carbocycles. The first-order valence-electron chi connectivity index (χ1n) is 22.1. The second-order valence-corrected chi connectivity index (χ2v) is 16.5. The highest BCUT2D eigenvalue weighted by Crippen LogP contribution is 2.46. The molecule has 0 aliphatic rings. The molecule has 320 valence electrons. The van der Waals surface area contributed by atoms with Gasteiger partial charge in [0.1, 0.15) is 11.5 Å². The van der Waals surface area contributed by atoms with Crippen molar-refractivity contribution in [2.75, 3.05) is 28.9 Å². The predicted octanol–water partition coefficient (Wildman–Crippen LogP) is 16.7. The molecule has 9 aromatic carbocycles. The summed E-state index contributed by atoms with van der Waals surface area (Å²) in [6.07, 6.45) is 0. The lowest BCUT2D eigenvalue weighted by atomic mass is 9.92. The number of aryl methyl sites for hydroxylation is 4. The number of rotatable bonds is 13. The molecule has 9 rings (SSSR count). The number of anilines is 9. The largest absolute Gasteiger partial charge is 0.497 e. The van der Waals surface area contributed by atoms with E-state index >= 15 is 0 Å². The Bertz CT molecular complexity index is 3010. The van der Waals surface area contributed by atoms with E-state index in [1.165, 1.54) is 16.7 Å². The van der Waals surface area contributed by atoms with Crippen LogP contribution in [0.5, 0.6) is 11.5 Å². The zero-order chi connectivity index (χ0) is 44.9. The number of hydrogen-bond donors (Lipinski definition) is 0. The number of hydrogen-bond acceptors (Lipinski definition) is 5. The summed E-state index contributed by atoms with van der Waals surface area (Å²) in [5.74, 6) is 1.60. The average Bonchev–Trinajstić information content (AvgIpc) is 3.33. The Balaban J connectivity index is 1.21. The highest BCUT2D eigenvalue weighted by atomic mass is 16.5. The second-order valence-electron chi connectivity index (χ2n) is 16.5. The Kier molecular flexibility index (Phi) is 12.2. The molecule has 65 heavy (non-hydrogen) atoms. The minimum absolute atomic E-state index is 0.798. The molecular formula is C60H53N3O2. The lowest BCUT2D eigenvalue weighted by Gasteiger charge is -2.30. The number of nitrogens with zero attached hydrogens (tertiary/aromatic N) is 3. The summed E-state index contributed by atoms with van der Waals surface area (Å²) in [4.78, 5) is 7.00. The van der Waals surface area contributed by atoms with Crippen molar-refractivity contribution in [1.82, 2.24) is 0 Å². The molecule has 0 N–H and O–H groups in total. The van der Waals surface area contributed by atoms with Crippen LogP contribution < -0.4 is 24.2 Å². The molecule has 0 unspecified atom stereocenters. The maximum Gasteiger partial charge on any atom is 0.119 e. The first-order chi connectivity index (χ1) is 31.8. The van der Waals surface area contributed by atoms with E-state index in [4.69, 9.17) is 9.47 Å². The first-order valence-corrected chi connectivity index (χ1v) is 22.1. The molecule has 0 amide bonds. The van der Waals surface area contributed by atoms with Crippen LogP contribution in [0.15, 0.2) is 212 Å². The van der Waals surface area contributed by atoms with E-state index in [2.05, 4.69) is 230 Å². The normalized spacial score (nSPS) is 10.9. The van der Waals surface area contributed by atoms with Gasteiger partial charge in [-0.2, -0.15) is 0 Å². The van der Waals surface area contributed by atoms with E-state index in [-0.39, 0.29) is 0 Å². The van der Waals surface area contributed by atoms with Crippen molar-refractivity contribution in [2.24, 2.45) is 0 Å². The first kappa shape index (κ1) is 42.3. The van der Waals surface area contributed by atoms with Crippen LogP contribution in [0.3, 0.4) is 0 Å². The van der Waals surface area contributed by atoms with Crippen molar-refractivity contribution in [1.29, 1.82) is 0 Å². The Morgan fingerprint density at radius 1 is 0.292 bits per heavy atom. The van der Waals surface area contributed by atoms with Gasteiger partial charge >= 0.3 is 0 Å². The lowest BCUT2D eigenvalue weighted by molar-refractivity contribution is 0.415. The van der Waals surface area contributed by atoms with Crippen LogP contribution >= 0.6 is 0 Å². The van der Waals surface area contributed by atoms with Crippen LogP contribution in [0.1, 0.15) is 22.3 Å². The number of benzene rings is 9. The zero-order valence-corrected chi connectivity index (χ0v) is 37.9. The van der Waals surface area contributed by atoms with E-state index in [1.807, 2.05) is 24.3 Å². The van der Waals surface area contributed by atoms with Gasteiger partial charge in [0.15, 0.2) is 0 Å². The van der Waals surface area contributed by atoms with E-state index in [1.54, 1.807) is 14.2 Å². The molecule has 0 aromatic heterocycles.